The Bertz CT molecular complexity index is 808. The first kappa shape index (κ1) is 17.0. The molecule has 3 aromatic carbocycles. The highest BCUT2D eigenvalue weighted by molar-refractivity contribution is 5.69. The van der Waals surface area contributed by atoms with Gasteiger partial charge in [0.05, 0.1) is 5.92 Å². The zero-order chi connectivity index (χ0) is 17.6. The van der Waals surface area contributed by atoms with Crippen LogP contribution >= 0.6 is 0 Å². The summed E-state index contributed by atoms with van der Waals surface area (Å²) in [6.07, 6.45) is 0.587. The second kappa shape index (κ2) is 7.80. The van der Waals surface area contributed by atoms with Crippen molar-refractivity contribution in [2.45, 2.75) is 19.3 Å². The maximum Gasteiger partial charge on any atom is 0.306 e. The molecule has 0 spiro atoms. The molecule has 2 atom stereocenters. The van der Waals surface area contributed by atoms with Gasteiger partial charge in [-0.15, -0.1) is 0 Å². The molecule has 0 aromatic heterocycles. The summed E-state index contributed by atoms with van der Waals surface area (Å²) >= 11 is 0. The Hall–Kier alpha value is -2.87. The van der Waals surface area contributed by atoms with Crippen molar-refractivity contribution in [3.05, 3.63) is 96.1 Å². The maximum absolute atomic E-state index is 11.3. The highest BCUT2D eigenvalue weighted by Crippen LogP contribution is 2.32. The van der Waals surface area contributed by atoms with Crippen molar-refractivity contribution in [2.75, 3.05) is 0 Å². The molecule has 2 nitrogen and oxygen atoms in total. The Morgan fingerprint density at radius 3 is 1.80 bits per heavy atom. The minimum atomic E-state index is -0.748. The van der Waals surface area contributed by atoms with Crippen LogP contribution in [0.4, 0.5) is 0 Å². The fraction of sp³-hybridized carbons (Fsp3) is 0.174. The van der Waals surface area contributed by atoms with Crippen LogP contribution in [0.2, 0.25) is 0 Å². The molecular weight excluding hydrogens is 308 g/mol. The summed E-state index contributed by atoms with van der Waals surface area (Å²) in [6.45, 7) is 1.77. The van der Waals surface area contributed by atoms with Crippen molar-refractivity contribution in [2.24, 2.45) is 5.92 Å². The molecule has 0 bridgehead atoms. The number of carbonyl (C=O) groups is 1. The summed E-state index contributed by atoms with van der Waals surface area (Å²) in [5.74, 6) is -1.06. The molecule has 0 aliphatic rings. The van der Waals surface area contributed by atoms with Crippen LogP contribution < -0.4 is 0 Å². The largest absolute Gasteiger partial charge is 0.481 e. The average molecular weight is 330 g/mol. The Morgan fingerprint density at radius 2 is 1.24 bits per heavy atom. The smallest absolute Gasteiger partial charge is 0.306 e. The first-order valence-corrected chi connectivity index (χ1v) is 8.58. The van der Waals surface area contributed by atoms with Crippen LogP contribution in [0.25, 0.3) is 11.1 Å². The van der Waals surface area contributed by atoms with Gasteiger partial charge >= 0.3 is 5.97 Å². The zero-order valence-electron chi connectivity index (χ0n) is 14.3. The number of carboxylic acid groups (broad SMARTS) is 1. The fourth-order valence-corrected chi connectivity index (χ4v) is 3.14. The highest BCUT2D eigenvalue weighted by Gasteiger charge is 2.21. The van der Waals surface area contributed by atoms with E-state index >= 15 is 0 Å². The lowest BCUT2D eigenvalue weighted by Crippen LogP contribution is -2.14. The molecule has 0 saturated carbocycles. The second-order valence-electron chi connectivity index (χ2n) is 6.43. The van der Waals surface area contributed by atoms with Crippen LogP contribution in [0.1, 0.15) is 30.4 Å². The standard InChI is InChI=1S/C23H22O2/c1-17(23(24)25)16-22(20-10-6-3-7-11-20)21-14-12-19(13-15-21)18-8-4-2-5-9-18/h2-15,17,22H,16H2,1H3,(H,24,25). The van der Waals surface area contributed by atoms with Gasteiger partial charge in [-0.2, -0.15) is 0 Å². The second-order valence-corrected chi connectivity index (χ2v) is 6.43. The van der Waals surface area contributed by atoms with Crippen LogP contribution in [0, 0.1) is 5.92 Å². The van der Waals surface area contributed by atoms with Gasteiger partial charge in [0, 0.05) is 5.92 Å². The van der Waals surface area contributed by atoms with E-state index in [0.717, 1.165) is 11.1 Å². The minimum Gasteiger partial charge on any atom is -0.481 e. The SMILES string of the molecule is CC(CC(c1ccccc1)c1ccc(-c2ccccc2)cc1)C(=O)O. The van der Waals surface area contributed by atoms with Gasteiger partial charge < -0.3 is 5.11 Å². The molecule has 0 saturated heterocycles. The lowest BCUT2D eigenvalue weighted by atomic mass is 9.83. The summed E-state index contributed by atoms with van der Waals surface area (Å²) in [5.41, 5.74) is 4.66. The predicted octanol–water partition coefficient (Wildman–Crippen LogP) is 5.60. The summed E-state index contributed by atoms with van der Waals surface area (Å²) < 4.78 is 0. The third-order valence-electron chi connectivity index (χ3n) is 4.63. The predicted molar refractivity (Wildman–Crippen MR) is 102 cm³/mol. The molecule has 126 valence electrons. The lowest BCUT2D eigenvalue weighted by Gasteiger charge is -2.20. The Labute approximate surface area is 148 Å². The van der Waals surface area contributed by atoms with E-state index in [1.807, 2.05) is 36.4 Å². The Morgan fingerprint density at radius 1 is 0.760 bits per heavy atom. The van der Waals surface area contributed by atoms with Crippen LogP contribution in [-0.4, -0.2) is 11.1 Å². The maximum atomic E-state index is 11.3. The van der Waals surface area contributed by atoms with E-state index in [9.17, 15) is 9.90 Å². The van der Waals surface area contributed by atoms with E-state index < -0.39 is 5.97 Å². The molecule has 0 fully saturated rings. The third-order valence-corrected chi connectivity index (χ3v) is 4.63. The van der Waals surface area contributed by atoms with Crippen molar-refractivity contribution in [1.82, 2.24) is 0 Å². The van der Waals surface area contributed by atoms with Crippen molar-refractivity contribution < 1.29 is 9.90 Å². The number of hydrogen-bond donors (Lipinski definition) is 1. The van der Waals surface area contributed by atoms with Gasteiger partial charge in [0.2, 0.25) is 0 Å². The summed E-state index contributed by atoms with van der Waals surface area (Å²) in [7, 11) is 0. The van der Waals surface area contributed by atoms with E-state index in [4.69, 9.17) is 0 Å². The monoisotopic (exact) mass is 330 g/mol. The van der Waals surface area contributed by atoms with Gasteiger partial charge in [0.1, 0.15) is 0 Å². The molecular formula is C23H22O2. The van der Waals surface area contributed by atoms with Gasteiger partial charge in [-0.1, -0.05) is 91.9 Å². The van der Waals surface area contributed by atoms with Gasteiger partial charge in [-0.05, 0) is 28.7 Å². The Balaban J connectivity index is 1.92. The van der Waals surface area contributed by atoms with Crippen LogP contribution in [0.3, 0.4) is 0 Å². The van der Waals surface area contributed by atoms with Crippen molar-refractivity contribution in [3.63, 3.8) is 0 Å². The molecule has 25 heavy (non-hydrogen) atoms. The summed E-state index contributed by atoms with van der Waals surface area (Å²) in [5, 5.41) is 9.32. The molecule has 0 heterocycles. The first-order valence-electron chi connectivity index (χ1n) is 8.58. The van der Waals surface area contributed by atoms with Gasteiger partial charge in [0.15, 0.2) is 0 Å². The Kier molecular flexibility index (Phi) is 5.30. The van der Waals surface area contributed by atoms with Crippen LogP contribution in [-0.2, 0) is 4.79 Å². The molecule has 2 heteroatoms. The normalized spacial score (nSPS) is 13.2. The van der Waals surface area contributed by atoms with E-state index in [1.54, 1.807) is 6.92 Å². The number of aliphatic carboxylic acids is 1. The molecule has 0 amide bonds. The first-order chi connectivity index (χ1) is 12.1. The molecule has 3 rings (SSSR count). The number of rotatable bonds is 6. The summed E-state index contributed by atoms with van der Waals surface area (Å²) in [6, 6.07) is 28.9. The number of hydrogen-bond acceptors (Lipinski definition) is 1. The van der Waals surface area contributed by atoms with Crippen molar-refractivity contribution in [1.29, 1.82) is 0 Å². The topological polar surface area (TPSA) is 37.3 Å². The molecule has 1 N–H and O–H groups in total. The quantitative estimate of drug-likeness (QED) is 0.639. The van der Waals surface area contributed by atoms with E-state index in [1.165, 1.54) is 11.1 Å². The molecule has 0 aliphatic heterocycles. The molecule has 3 aromatic rings. The zero-order valence-corrected chi connectivity index (χ0v) is 14.3. The van der Waals surface area contributed by atoms with Crippen molar-refractivity contribution in [3.8, 4) is 11.1 Å². The average Bonchev–Trinajstić information content (AvgIpc) is 2.67. The molecule has 0 radical (unpaired) electrons. The number of carboxylic acids is 1. The minimum absolute atomic E-state index is 0.0807. The van der Waals surface area contributed by atoms with E-state index in [-0.39, 0.29) is 11.8 Å². The molecule has 0 aliphatic carbocycles. The van der Waals surface area contributed by atoms with Gasteiger partial charge in [-0.25, -0.2) is 0 Å². The van der Waals surface area contributed by atoms with Crippen LogP contribution in [0.5, 0.6) is 0 Å². The van der Waals surface area contributed by atoms with Crippen molar-refractivity contribution >= 4 is 5.97 Å². The van der Waals surface area contributed by atoms with E-state index in [2.05, 4.69) is 48.5 Å². The third kappa shape index (κ3) is 4.16. The van der Waals surface area contributed by atoms with Crippen LogP contribution in [0.15, 0.2) is 84.9 Å². The van der Waals surface area contributed by atoms with Gasteiger partial charge in [0.25, 0.3) is 0 Å². The van der Waals surface area contributed by atoms with Gasteiger partial charge in [-0.3, -0.25) is 4.79 Å². The highest BCUT2D eigenvalue weighted by atomic mass is 16.4. The summed E-state index contributed by atoms with van der Waals surface area (Å²) in [4.78, 5) is 11.3. The number of benzene rings is 3. The van der Waals surface area contributed by atoms with E-state index in [0.29, 0.717) is 6.42 Å². The fourth-order valence-electron chi connectivity index (χ4n) is 3.14. The lowest BCUT2D eigenvalue weighted by molar-refractivity contribution is -0.141. The molecule has 2 unspecified atom stereocenters.